The van der Waals surface area contributed by atoms with E-state index in [1.807, 2.05) is 25.1 Å². The lowest BCUT2D eigenvalue weighted by Crippen LogP contribution is -2.14. The van der Waals surface area contributed by atoms with E-state index in [4.69, 9.17) is 4.42 Å². The van der Waals surface area contributed by atoms with Crippen LogP contribution in [0.3, 0.4) is 0 Å². The molecule has 1 N–H and O–H groups in total. The number of rotatable bonds is 4. The molecule has 1 heterocycles. The van der Waals surface area contributed by atoms with Crippen LogP contribution in [0, 0.1) is 20.8 Å². The number of hydrogen-bond donors (Lipinski definition) is 1. The van der Waals surface area contributed by atoms with E-state index in [1.165, 1.54) is 0 Å². The maximum absolute atomic E-state index is 12.7. The molecule has 5 nitrogen and oxygen atoms in total. The highest BCUT2D eigenvalue weighted by Crippen LogP contribution is 2.27. The molecule has 0 saturated carbocycles. The van der Waals surface area contributed by atoms with Gasteiger partial charge in [0, 0.05) is 18.2 Å². The van der Waals surface area contributed by atoms with E-state index < -0.39 is 10.0 Å². The number of nitrogens with zero attached hydrogens (tertiary/aromatic N) is 1. The largest absolute Gasteiger partial charge is 0.441 e. The van der Waals surface area contributed by atoms with Gasteiger partial charge in [0.2, 0.25) is 0 Å². The van der Waals surface area contributed by atoms with Crippen molar-refractivity contribution >= 4 is 15.7 Å². The first-order valence-electron chi connectivity index (χ1n) is 7.48. The van der Waals surface area contributed by atoms with Gasteiger partial charge in [-0.15, -0.1) is 0 Å². The number of nitrogens with one attached hydrogen (secondary N) is 1. The van der Waals surface area contributed by atoms with Gasteiger partial charge in [-0.1, -0.05) is 29.8 Å². The van der Waals surface area contributed by atoms with Crippen LogP contribution in [0.4, 0.5) is 5.69 Å². The summed E-state index contributed by atoms with van der Waals surface area (Å²) in [6.45, 7) is 5.46. The molecule has 0 radical (unpaired) electrons. The van der Waals surface area contributed by atoms with Crippen LogP contribution in [-0.2, 0) is 10.0 Å². The first kappa shape index (κ1) is 16.3. The lowest BCUT2D eigenvalue weighted by atomic mass is 10.1. The molecule has 0 bridgehead atoms. The fourth-order valence-electron chi connectivity index (χ4n) is 2.37. The zero-order valence-electron chi connectivity index (χ0n) is 13.7. The number of oxazole rings is 1. The predicted octanol–water partition coefficient (Wildman–Crippen LogP) is 4.07. The summed E-state index contributed by atoms with van der Waals surface area (Å²) in [7, 11) is -3.69. The Balaban J connectivity index is 1.99. The van der Waals surface area contributed by atoms with Crippen LogP contribution >= 0.6 is 0 Å². The summed E-state index contributed by atoms with van der Waals surface area (Å²) in [5.74, 6) is 1.08. The molecule has 24 heavy (non-hydrogen) atoms. The molecular weight excluding hydrogens is 324 g/mol. The van der Waals surface area contributed by atoms with Crippen molar-refractivity contribution in [2.75, 3.05) is 4.72 Å². The summed E-state index contributed by atoms with van der Waals surface area (Å²) in [5, 5.41) is 0. The van der Waals surface area contributed by atoms with Crippen LogP contribution < -0.4 is 4.72 Å². The number of aromatic nitrogens is 1. The summed E-state index contributed by atoms with van der Waals surface area (Å²) < 4.78 is 33.6. The van der Waals surface area contributed by atoms with Crippen LogP contribution in [-0.4, -0.2) is 13.4 Å². The third kappa shape index (κ3) is 3.33. The lowest BCUT2D eigenvalue weighted by Gasteiger charge is -2.11. The third-order valence-corrected chi connectivity index (χ3v) is 5.21. The lowest BCUT2D eigenvalue weighted by molar-refractivity contribution is 0.534. The highest BCUT2D eigenvalue weighted by atomic mass is 32.2. The van der Waals surface area contributed by atoms with Crippen molar-refractivity contribution in [3.63, 3.8) is 0 Å². The number of benzene rings is 2. The van der Waals surface area contributed by atoms with Gasteiger partial charge in [0.05, 0.1) is 11.1 Å². The van der Waals surface area contributed by atoms with Gasteiger partial charge in [-0.25, -0.2) is 13.4 Å². The Bertz CT molecular complexity index is 974. The number of anilines is 1. The first-order chi connectivity index (χ1) is 11.3. The fraction of sp³-hybridized carbons (Fsp3) is 0.167. The van der Waals surface area contributed by atoms with E-state index >= 15 is 0 Å². The second-order valence-electron chi connectivity index (χ2n) is 5.70. The van der Waals surface area contributed by atoms with Gasteiger partial charge in [-0.3, -0.25) is 4.72 Å². The zero-order valence-corrected chi connectivity index (χ0v) is 14.5. The zero-order chi connectivity index (χ0) is 17.3. The van der Waals surface area contributed by atoms with Crippen LogP contribution in [0.2, 0.25) is 0 Å². The summed E-state index contributed by atoms with van der Waals surface area (Å²) in [6, 6.07) is 12.4. The Hall–Kier alpha value is -2.60. The van der Waals surface area contributed by atoms with Crippen LogP contribution in [0.15, 0.2) is 58.0 Å². The molecular formula is C18H18N2O3S. The minimum atomic E-state index is -3.69. The number of hydrogen-bond acceptors (Lipinski definition) is 4. The van der Waals surface area contributed by atoms with E-state index in [1.54, 1.807) is 44.3 Å². The molecule has 0 fully saturated rings. The summed E-state index contributed by atoms with van der Waals surface area (Å²) in [6.07, 6.45) is 1.59. The van der Waals surface area contributed by atoms with Crippen molar-refractivity contribution in [1.29, 1.82) is 0 Å². The van der Waals surface area contributed by atoms with E-state index in [0.29, 0.717) is 28.5 Å². The van der Waals surface area contributed by atoms with Gasteiger partial charge in [-0.2, -0.15) is 0 Å². The normalized spacial score (nSPS) is 11.5. The first-order valence-corrected chi connectivity index (χ1v) is 8.96. The van der Waals surface area contributed by atoms with Gasteiger partial charge < -0.3 is 4.42 Å². The fourth-order valence-corrected chi connectivity index (χ4v) is 3.70. The Kier molecular flexibility index (Phi) is 4.15. The molecule has 0 saturated heterocycles. The maximum atomic E-state index is 12.7. The minimum Gasteiger partial charge on any atom is -0.441 e. The van der Waals surface area contributed by atoms with E-state index in [9.17, 15) is 8.42 Å². The van der Waals surface area contributed by atoms with Crippen LogP contribution in [0.1, 0.15) is 17.0 Å². The summed E-state index contributed by atoms with van der Waals surface area (Å²) in [5.41, 5.74) is 2.93. The smallest absolute Gasteiger partial charge is 0.262 e. The highest BCUT2D eigenvalue weighted by Gasteiger charge is 2.19. The molecule has 3 rings (SSSR count). The second-order valence-corrected chi connectivity index (χ2v) is 7.35. The van der Waals surface area contributed by atoms with Gasteiger partial charge >= 0.3 is 0 Å². The molecule has 124 valence electrons. The standard InChI is InChI=1S/C18H18N2O3S/c1-12-4-8-16(9-5-12)20-24(21,22)18-10-15(7-6-13(18)2)17-11-19-14(3)23-17/h4-11,20H,1-3H3. The number of sulfonamides is 1. The highest BCUT2D eigenvalue weighted by molar-refractivity contribution is 7.92. The Morgan fingerprint density at radius 2 is 1.71 bits per heavy atom. The van der Waals surface area contributed by atoms with Crippen LogP contribution in [0.25, 0.3) is 11.3 Å². The molecule has 0 aliphatic carbocycles. The maximum Gasteiger partial charge on any atom is 0.262 e. The molecule has 0 atom stereocenters. The van der Waals surface area contributed by atoms with Gasteiger partial charge in [0.15, 0.2) is 11.7 Å². The SMILES string of the molecule is Cc1ccc(NS(=O)(=O)c2cc(-c3cnc(C)o3)ccc2C)cc1. The molecule has 1 aromatic heterocycles. The molecule has 0 amide bonds. The molecule has 0 spiro atoms. The van der Waals surface area contributed by atoms with Crippen molar-refractivity contribution in [3.05, 3.63) is 65.7 Å². The quantitative estimate of drug-likeness (QED) is 0.776. The molecule has 6 heteroatoms. The summed E-state index contributed by atoms with van der Waals surface area (Å²) >= 11 is 0. The monoisotopic (exact) mass is 342 g/mol. The van der Waals surface area contributed by atoms with Gasteiger partial charge in [0.25, 0.3) is 10.0 Å². The van der Waals surface area contributed by atoms with E-state index in [-0.39, 0.29) is 4.90 Å². The molecule has 0 aliphatic heterocycles. The third-order valence-electron chi connectivity index (χ3n) is 3.69. The molecule has 0 unspecified atom stereocenters. The Morgan fingerprint density at radius 1 is 1.00 bits per heavy atom. The molecule has 3 aromatic rings. The minimum absolute atomic E-state index is 0.217. The van der Waals surface area contributed by atoms with Crippen molar-refractivity contribution in [2.45, 2.75) is 25.7 Å². The van der Waals surface area contributed by atoms with Gasteiger partial charge in [-0.05, 0) is 37.6 Å². The average Bonchev–Trinajstić information content (AvgIpc) is 2.96. The Morgan fingerprint density at radius 3 is 2.33 bits per heavy atom. The van der Waals surface area contributed by atoms with E-state index in [0.717, 1.165) is 5.56 Å². The summed E-state index contributed by atoms with van der Waals surface area (Å²) in [4.78, 5) is 4.27. The van der Waals surface area contributed by atoms with Crippen molar-refractivity contribution in [1.82, 2.24) is 4.98 Å². The van der Waals surface area contributed by atoms with Crippen molar-refractivity contribution in [2.24, 2.45) is 0 Å². The average molecular weight is 342 g/mol. The Labute approximate surface area is 141 Å². The predicted molar refractivity (Wildman–Crippen MR) is 93.4 cm³/mol. The van der Waals surface area contributed by atoms with Crippen LogP contribution in [0.5, 0.6) is 0 Å². The van der Waals surface area contributed by atoms with E-state index in [2.05, 4.69) is 9.71 Å². The number of aryl methyl sites for hydroxylation is 3. The topological polar surface area (TPSA) is 72.2 Å². The van der Waals surface area contributed by atoms with Gasteiger partial charge in [0.1, 0.15) is 0 Å². The van der Waals surface area contributed by atoms with Crippen molar-refractivity contribution < 1.29 is 12.8 Å². The van der Waals surface area contributed by atoms with Crippen molar-refractivity contribution in [3.8, 4) is 11.3 Å². The second kappa shape index (κ2) is 6.13. The molecule has 2 aromatic carbocycles. The molecule has 0 aliphatic rings.